The van der Waals surface area contributed by atoms with Crippen molar-refractivity contribution in [2.75, 3.05) is 13.7 Å². The molecule has 0 bridgehead atoms. The molecule has 0 saturated heterocycles. The first-order valence-corrected chi connectivity index (χ1v) is 2.68. The first-order chi connectivity index (χ1) is 4.43. The Balaban J connectivity index is 2.30. The monoisotopic (exact) mass is 128 g/mol. The summed E-state index contributed by atoms with van der Waals surface area (Å²) in [6, 6.07) is 0. The summed E-state index contributed by atoms with van der Waals surface area (Å²) in [5.74, 6) is 0.622. The second-order valence-electron chi connectivity index (χ2n) is 1.58. The molecule has 4 heteroatoms. The summed E-state index contributed by atoms with van der Waals surface area (Å²) in [4.78, 5) is 3.80. The van der Waals surface area contributed by atoms with Crippen LogP contribution in [0.25, 0.3) is 0 Å². The Morgan fingerprint density at radius 2 is 2.67 bits per heavy atom. The highest BCUT2D eigenvalue weighted by Gasteiger charge is 1.95. The molecule has 0 atom stereocenters. The van der Waals surface area contributed by atoms with Crippen LogP contribution in [0.3, 0.4) is 0 Å². The van der Waals surface area contributed by atoms with Crippen LogP contribution in [0.1, 0.15) is 5.89 Å². The molecule has 0 unspecified atom stereocenters. The molecule has 0 radical (unpaired) electrons. The quantitative estimate of drug-likeness (QED) is 0.585. The predicted octanol–water partition coefficient (Wildman–Crippen LogP) is 0.259. The molecule has 0 N–H and O–H groups in total. The molecule has 0 aliphatic heterocycles. The Hall–Kier alpha value is -0.900. The van der Waals surface area contributed by atoms with Gasteiger partial charge in [-0.3, -0.25) is 0 Å². The Kier molecular flexibility index (Phi) is 2.21. The Bertz CT molecular complexity index is 150. The fraction of sp³-hybridized carbons (Fsp3) is 0.600. The SMILES string of the molecule is COCCc1ncno1. The standard InChI is InChI=1S/C5H8N2O2/c1-8-3-2-5-6-4-7-9-5/h4H,2-3H2,1H3. The van der Waals surface area contributed by atoms with Crippen LogP contribution < -0.4 is 0 Å². The number of hydrogen-bond donors (Lipinski definition) is 0. The highest BCUT2D eigenvalue weighted by atomic mass is 16.5. The minimum atomic E-state index is 0.622. The highest BCUT2D eigenvalue weighted by Crippen LogP contribution is 1.90. The first-order valence-electron chi connectivity index (χ1n) is 2.68. The zero-order valence-electron chi connectivity index (χ0n) is 5.20. The van der Waals surface area contributed by atoms with E-state index in [1.807, 2.05) is 0 Å². The summed E-state index contributed by atoms with van der Waals surface area (Å²) >= 11 is 0. The molecule has 0 saturated carbocycles. The summed E-state index contributed by atoms with van der Waals surface area (Å²) in [5.41, 5.74) is 0. The molecule has 0 aromatic carbocycles. The number of hydrogen-bond acceptors (Lipinski definition) is 4. The maximum atomic E-state index is 4.79. The normalized spacial score (nSPS) is 9.89. The predicted molar refractivity (Wildman–Crippen MR) is 29.9 cm³/mol. The topological polar surface area (TPSA) is 48.2 Å². The van der Waals surface area contributed by atoms with Crippen molar-refractivity contribution in [1.82, 2.24) is 10.1 Å². The van der Waals surface area contributed by atoms with Crippen LogP contribution in [-0.4, -0.2) is 23.9 Å². The lowest BCUT2D eigenvalue weighted by atomic mass is 10.5. The second-order valence-corrected chi connectivity index (χ2v) is 1.58. The molecule has 0 aliphatic carbocycles. The highest BCUT2D eigenvalue weighted by molar-refractivity contribution is 4.72. The third-order valence-corrected chi connectivity index (χ3v) is 0.927. The van der Waals surface area contributed by atoms with Crippen LogP contribution in [0.4, 0.5) is 0 Å². The molecular formula is C5H8N2O2. The van der Waals surface area contributed by atoms with E-state index in [0.717, 1.165) is 0 Å². The van der Waals surface area contributed by atoms with Gasteiger partial charge in [0.1, 0.15) is 0 Å². The Morgan fingerprint density at radius 3 is 3.22 bits per heavy atom. The molecule has 50 valence electrons. The first kappa shape index (κ1) is 6.22. The van der Waals surface area contributed by atoms with E-state index >= 15 is 0 Å². The molecule has 1 rings (SSSR count). The van der Waals surface area contributed by atoms with Crippen molar-refractivity contribution >= 4 is 0 Å². The van der Waals surface area contributed by atoms with Crippen molar-refractivity contribution in [3.05, 3.63) is 12.2 Å². The molecule has 0 aliphatic rings. The van der Waals surface area contributed by atoms with E-state index < -0.39 is 0 Å². The summed E-state index contributed by atoms with van der Waals surface area (Å²) in [6.07, 6.45) is 2.07. The molecule has 1 aromatic rings. The molecule has 0 fully saturated rings. The van der Waals surface area contributed by atoms with Gasteiger partial charge >= 0.3 is 0 Å². The van der Waals surface area contributed by atoms with Crippen molar-refractivity contribution in [2.24, 2.45) is 0 Å². The molecule has 0 spiro atoms. The van der Waals surface area contributed by atoms with Gasteiger partial charge in [0, 0.05) is 7.11 Å². The van der Waals surface area contributed by atoms with Crippen molar-refractivity contribution in [2.45, 2.75) is 6.42 Å². The van der Waals surface area contributed by atoms with E-state index in [-0.39, 0.29) is 0 Å². The van der Waals surface area contributed by atoms with Gasteiger partial charge in [0.15, 0.2) is 6.33 Å². The third-order valence-electron chi connectivity index (χ3n) is 0.927. The maximum absolute atomic E-state index is 4.79. The van der Waals surface area contributed by atoms with E-state index in [1.165, 1.54) is 6.33 Å². The van der Waals surface area contributed by atoms with Crippen LogP contribution in [-0.2, 0) is 11.2 Å². The molecule has 1 heterocycles. The average molecular weight is 128 g/mol. The van der Waals surface area contributed by atoms with Gasteiger partial charge in [-0.1, -0.05) is 5.16 Å². The summed E-state index contributed by atoms with van der Waals surface area (Å²) in [7, 11) is 1.64. The lowest BCUT2D eigenvalue weighted by Crippen LogP contribution is -1.93. The molecule has 4 nitrogen and oxygen atoms in total. The maximum Gasteiger partial charge on any atom is 0.228 e. The number of ether oxygens (including phenoxy) is 1. The van der Waals surface area contributed by atoms with Crippen molar-refractivity contribution in [3.63, 3.8) is 0 Å². The lowest BCUT2D eigenvalue weighted by molar-refractivity contribution is 0.192. The molecular weight excluding hydrogens is 120 g/mol. The lowest BCUT2D eigenvalue weighted by Gasteiger charge is -1.89. The van der Waals surface area contributed by atoms with Gasteiger partial charge in [-0.2, -0.15) is 4.98 Å². The fourth-order valence-corrected chi connectivity index (χ4v) is 0.496. The van der Waals surface area contributed by atoms with Gasteiger partial charge in [0.05, 0.1) is 13.0 Å². The largest absolute Gasteiger partial charge is 0.384 e. The van der Waals surface area contributed by atoms with Gasteiger partial charge in [-0.25, -0.2) is 0 Å². The van der Waals surface area contributed by atoms with E-state index in [2.05, 4.69) is 10.1 Å². The summed E-state index contributed by atoms with van der Waals surface area (Å²) in [6.45, 7) is 0.627. The van der Waals surface area contributed by atoms with Gasteiger partial charge in [0.2, 0.25) is 5.89 Å². The zero-order chi connectivity index (χ0) is 6.53. The number of methoxy groups -OCH3 is 1. The van der Waals surface area contributed by atoms with Crippen LogP contribution >= 0.6 is 0 Å². The van der Waals surface area contributed by atoms with Crippen molar-refractivity contribution < 1.29 is 9.26 Å². The van der Waals surface area contributed by atoms with Crippen LogP contribution in [0.15, 0.2) is 10.9 Å². The van der Waals surface area contributed by atoms with Gasteiger partial charge in [0.25, 0.3) is 0 Å². The number of rotatable bonds is 3. The number of nitrogens with zero attached hydrogens (tertiary/aromatic N) is 2. The average Bonchev–Trinajstić information content (AvgIpc) is 2.34. The van der Waals surface area contributed by atoms with Gasteiger partial charge in [-0.05, 0) is 0 Å². The van der Waals surface area contributed by atoms with Crippen LogP contribution in [0.5, 0.6) is 0 Å². The van der Waals surface area contributed by atoms with E-state index in [4.69, 9.17) is 9.26 Å². The van der Waals surface area contributed by atoms with E-state index in [0.29, 0.717) is 18.9 Å². The third kappa shape index (κ3) is 1.81. The van der Waals surface area contributed by atoms with E-state index in [1.54, 1.807) is 7.11 Å². The van der Waals surface area contributed by atoms with Crippen LogP contribution in [0.2, 0.25) is 0 Å². The summed E-state index contributed by atoms with van der Waals surface area (Å²) in [5, 5.41) is 3.43. The smallest absolute Gasteiger partial charge is 0.228 e. The molecule has 1 aromatic heterocycles. The van der Waals surface area contributed by atoms with Gasteiger partial charge < -0.3 is 9.26 Å². The van der Waals surface area contributed by atoms with Crippen molar-refractivity contribution in [3.8, 4) is 0 Å². The minimum absolute atomic E-state index is 0.622. The summed E-state index contributed by atoms with van der Waals surface area (Å²) < 4.78 is 9.48. The zero-order valence-corrected chi connectivity index (χ0v) is 5.20. The Morgan fingerprint density at radius 1 is 1.78 bits per heavy atom. The van der Waals surface area contributed by atoms with Gasteiger partial charge in [-0.15, -0.1) is 0 Å². The van der Waals surface area contributed by atoms with Crippen molar-refractivity contribution in [1.29, 1.82) is 0 Å². The van der Waals surface area contributed by atoms with Crippen LogP contribution in [0, 0.1) is 0 Å². The number of aromatic nitrogens is 2. The Labute approximate surface area is 52.8 Å². The fourth-order valence-electron chi connectivity index (χ4n) is 0.496. The molecule has 0 amide bonds. The van der Waals surface area contributed by atoms with E-state index in [9.17, 15) is 0 Å². The second kappa shape index (κ2) is 3.19. The minimum Gasteiger partial charge on any atom is -0.384 e. The molecule has 9 heavy (non-hydrogen) atoms.